The molecule has 0 aliphatic heterocycles. The fraction of sp³-hybridized carbons (Fsp3) is 0.227. The number of hydrogen-bond acceptors (Lipinski definition) is 0. The Morgan fingerprint density at radius 1 is 0.739 bits per heavy atom. The zero-order chi connectivity index (χ0) is 15.9. The molecule has 0 amide bonds. The molecule has 0 atom stereocenters. The Morgan fingerprint density at radius 2 is 1.17 bits per heavy atom. The van der Waals surface area contributed by atoms with Crippen molar-refractivity contribution in [3.8, 4) is 0 Å². The Labute approximate surface area is 150 Å². The van der Waals surface area contributed by atoms with E-state index in [1.165, 1.54) is 49.7 Å². The van der Waals surface area contributed by atoms with Crippen molar-refractivity contribution in [3.63, 3.8) is 0 Å². The van der Waals surface area contributed by atoms with Crippen LogP contribution >= 0.6 is 0 Å². The van der Waals surface area contributed by atoms with Gasteiger partial charge in [-0.3, -0.25) is 0 Å². The van der Waals surface area contributed by atoms with E-state index in [-0.39, 0.29) is 16.8 Å². The summed E-state index contributed by atoms with van der Waals surface area (Å²) in [5.74, 6) is 0. The quantitative estimate of drug-likeness (QED) is 0.444. The van der Waals surface area contributed by atoms with E-state index in [1.54, 1.807) is 0 Å². The van der Waals surface area contributed by atoms with Crippen molar-refractivity contribution in [2.45, 2.75) is 34.6 Å². The van der Waals surface area contributed by atoms with Gasteiger partial charge in [0.2, 0.25) is 0 Å². The summed E-state index contributed by atoms with van der Waals surface area (Å²) in [6, 6.07) is 12.9. The van der Waals surface area contributed by atoms with E-state index in [9.17, 15) is 0 Å². The molecule has 1 aliphatic carbocycles. The molecule has 1 radical (unpaired) electrons. The molecule has 3 aromatic carbocycles. The smallest absolute Gasteiger partial charge is 0 e. The molecular formula is C22H23Co-3. The van der Waals surface area contributed by atoms with E-state index in [2.05, 4.69) is 83.9 Å². The average Bonchev–Trinajstić information content (AvgIpc) is 3.03. The molecule has 0 unspecified atom stereocenters. The van der Waals surface area contributed by atoms with E-state index in [4.69, 9.17) is 0 Å². The fourth-order valence-corrected chi connectivity index (χ4v) is 3.26. The third-order valence-corrected chi connectivity index (χ3v) is 5.22. The zero-order valence-electron chi connectivity index (χ0n) is 14.5. The molecule has 0 saturated carbocycles. The number of hydrogen-bond donors (Lipinski definition) is 0. The first-order valence-electron chi connectivity index (χ1n) is 7.90. The second-order valence-electron chi connectivity index (χ2n) is 6.25. The molecule has 0 saturated heterocycles. The van der Waals surface area contributed by atoms with E-state index >= 15 is 0 Å². The van der Waals surface area contributed by atoms with Gasteiger partial charge in [0, 0.05) is 16.8 Å². The minimum absolute atomic E-state index is 0. The summed E-state index contributed by atoms with van der Waals surface area (Å²) < 4.78 is 0. The van der Waals surface area contributed by atoms with E-state index in [1.807, 2.05) is 0 Å². The van der Waals surface area contributed by atoms with Crippen LogP contribution in [0.5, 0.6) is 0 Å². The molecule has 4 rings (SSSR count). The van der Waals surface area contributed by atoms with Crippen LogP contribution in [0.2, 0.25) is 0 Å². The van der Waals surface area contributed by atoms with Gasteiger partial charge in [-0.05, 0) is 0 Å². The predicted molar refractivity (Wildman–Crippen MR) is 96.5 cm³/mol. The van der Waals surface area contributed by atoms with E-state index in [0.29, 0.717) is 0 Å². The van der Waals surface area contributed by atoms with Crippen molar-refractivity contribution in [1.29, 1.82) is 0 Å². The maximum Gasteiger partial charge on any atom is 0 e. The van der Waals surface area contributed by atoms with Crippen LogP contribution in [-0.4, -0.2) is 0 Å². The van der Waals surface area contributed by atoms with Crippen LogP contribution in [0.1, 0.15) is 38.9 Å². The molecule has 1 heteroatoms. The first-order valence-corrected chi connectivity index (χ1v) is 7.90. The van der Waals surface area contributed by atoms with Crippen molar-refractivity contribution in [2.75, 3.05) is 0 Å². The summed E-state index contributed by atoms with van der Waals surface area (Å²) >= 11 is 0. The predicted octanol–water partition coefficient (Wildman–Crippen LogP) is 5.90. The Morgan fingerprint density at radius 3 is 1.52 bits per heavy atom. The minimum Gasteiger partial charge on any atom is -0.218 e. The Kier molecular flexibility index (Phi) is 5.23. The molecule has 23 heavy (non-hydrogen) atoms. The topological polar surface area (TPSA) is 0 Å². The van der Waals surface area contributed by atoms with Crippen LogP contribution in [-0.2, 0) is 16.8 Å². The maximum absolute atomic E-state index is 2.20. The second kappa shape index (κ2) is 6.82. The first kappa shape index (κ1) is 17.6. The van der Waals surface area contributed by atoms with Gasteiger partial charge in [-0.25, -0.2) is 12.8 Å². The Balaban J connectivity index is 0.000000163. The van der Waals surface area contributed by atoms with Crippen LogP contribution in [0, 0.1) is 47.5 Å². The van der Waals surface area contributed by atoms with E-state index < -0.39 is 0 Å². The molecule has 0 fully saturated rings. The number of benzene rings is 2. The molecule has 0 N–H and O–H groups in total. The summed E-state index contributed by atoms with van der Waals surface area (Å²) in [5, 5.41) is 2.75. The molecule has 0 nitrogen and oxygen atoms in total. The molecule has 0 heterocycles. The summed E-state index contributed by atoms with van der Waals surface area (Å²) in [5.41, 5.74) is 10.0. The molecule has 0 spiro atoms. The SMILES string of the molecule is Cc1c(C)c(C)[c-](C)c1C.[Co].c1cc2c3c(cccc3c1)[CH-][CH-]2. The minimum atomic E-state index is 0. The van der Waals surface area contributed by atoms with Gasteiger partial charge in [0.1, 0.15) is 0 Å². The molecule has 0 bridgehead atoms. The van der Waals surface area contributed by atoms with Gasteiger partial charge in [-0.2, -0.15) is 51.1 Å². The van der Waals surface area contributed by atoms with Crippen LogP contribution in [0.4, 0.5) is 0 Å². The van der Waals surface area contributed by atoms with Crippen molar-refractivity contribution in [1.82, 2.24) is 0 Å². The molecular weight excluding hydrogens is 323 g/mol. The van der Waals surface area contributed by atoms with Gasteiger partial charge < -0.3 is 0 Å². The first-order chi connectivity index (χ1) is 10.5. The Bertz CT molecular complexity index is 718. The van der Waals surface area contributed by atoms with E-state index in [0.717, 1.165) is 0 Å². The van der Waals surface area contributed by atoms with Crippen LogP contribution < -0.4 is 0 Å². The summed E-state index contributed by atoms with van der Waals surface area (Å²) in [7, 11) is 0. The van der Waals surface area contributed by atoms with Gasteiger partial charge in [0.05, 0.1) is 0 Å². The standard InChI is InChI=1S/C12H8.C10H15.Co/c1-3-9-4-2-6-11-8-7-10(5-1)12(9)11;1-6-7(2)9(4)10(5)8(6)3;/h1-8H;1-5H3;/q-2;-1;. The van der Waals surface area contributed by atoms with Crippen molar-refractivity contribution >= 4 is 10.8 Å². The molecule has 123 valence electrons. The number of rotatable bonds is 0. The van der Waals surface area contributed by atoms with Crippen LogP contribution in [0.15, 0.2) is 36.4 Å². The average molecular weight is 346 g/mol. The van der Waals surface area contributed by atoms with Crippen molar-refractivity contribution in [2.24, 2.45) is 0 Å². The van der Waals surface area contributed by atoms with Crippen LogP contribution in [0.25, 0.3) is 10.8 Å². The second-order valence-corrected chi connectivity index (χ2v) is 6.25. The molecule has 1 aliphatic rings. The Hall–Kier alpha value is -1.70. The monoisotopic (exact) mass is 346 g/mol. The fourth-order valence-electron chi connectivity index (χ4n) is 3.26. The summed E-state index contributed by atoms with van der Waals surface area (Å²) in [6.45, 7) is 11.0. The van der Waals surface area contributed by atoms with Gasteiger partial charge in [-0.15, -0.1) is 17.5 Å². The third kappa shape index (κ3) is 3.04. The van der Waals surface area contributed by atoms with Crippen molar-refractivity contribution < 1.29 is 16.8 Å². The molecule has 0 aromatic heterocycles. The zero-order valence-corrected chi connectivity index (χ0v) is 15.5. The van der Waals surface area contributed by atoms with Gasteiger partial charge >= 0.3 is 0 Å². The van der Waals surface area contributed by atoms with Gasteiger partial charge in [0.15, 0.2) is 0 Å². The van der Waals surface area contributed by atoms with Gasteiger partial charge in [-0.1, -0.05) is 52.1 Å². The summed E-state index contributed by atoms with van der Waals surface area (Å²) in [4.78, 5) is 0. The normalized spacial score (nSPS) is 11.2. The largest absolute Gasteiger partial charge is 0.218 e. The van der Waals surface area contributed by atoms with Gasteiger partial charge in [0.25, 0.3) is 0 Å². The molecule has 3 aromatic rings. The summed E-state index contributed by atoms with van der Waals surface area (Å²) in [6.07, 6.45) is 4.36. The maximum atomic E-state index is 2.20. The van der Waals surface area contributed by atoms with Crippen molar-refractivity contribution in [3.05, 3.63) is 88.2 Å². The van der Waals surface area contributed by atoms with Crippen LogP contribution in [0.3, 0.4) is 0 Å². The third-order valence-electron chi connectivity index (χ3n) is 5.22.